The highest BCUT2D eigenvalue weighted by Gasteiger charge is 2.33. The number of nitrogens with zero attached hydrogens (tertiary/aromatic N) is 1. The van der Waals surface area contributed by atoms with E-state index in [1.807, 2.05) is 54.7 Å². The molecule has 1 aliphatic rings. The average molecular weight is 313 g/mol. The SMILES string of the molecule is NC(c1ccccc1)(c1ccccc1)c1ccc2c(n1)C=CNC2. The molecule has 3 nitrogen and oxygen atoms in total. The molecule has 3 heteroatoms. The van der Waals surface area contributed by atoms with E-state index in [9.17, 15) is 0 Å². The molecule has 0 atom stereocenters. The summed E-state index contributed by atoms with van der Waals surface area (Å²) in [4.78, 5) is 4.89. The van der Waals surface area contributed by atoms with Crippen LogP contribution in [0, 0.1) is 0 Å². The first-order valence-corrected chi connectivity index (χ1v) is 8.09. The summed E-state index contributed by atoms with van der Waals surface area (Å²) in [6.45, 7) is 0.799. The molecule has 0 saturated carbocycles. The molecule has 0 fully saturated rings. The summed E-state index contributed by atoms with van der Waals surface area (Å²) in [5.74, 6) is 0. The largest absolute Gasteiger partial charge is 0.387 e. The smallest absolute Gasteiger partial charge is 0.110 e. The Morgan fingerprint density at radius 3 is 2.08 bits per heavy atom. The van der Waals surface area contributed by atoms with E-state index >= 15 is 0 Å². The third-order valence-corrected chi connectivity index (χ3v) is 4.53. The highest BCUT2D eigenvalue weighted by Crippen LogP contribution is 2.33. The Labute approximate surface area is 141 Å². The maximum absolute atomic E-state index is 6.99. The Bertz CT molecular complexity index is 831. The molecule has 3 N–H and O–H groups in total. The Hall–Kier alpha value is -2.91. The predicted octanol–water partition coefficient (Wildman–Crippen LogP) is 3.41. The zero-order valence-electron chi connectivity index (χ0n) is 13.3. The molecule has 0 spiro atoms. The molecular formula is C21H19N3. The van der Waals surface area contributed by atoms with Gasteiger partial charge in [-0.3, -0.25) is 4.98 Å². The Balaban J connectivity index is 1.93. The van der Waals surface area contributed by atoms with Gasteiger partial charge in [0.1, 0.15) is 5.54 Å². The molecule has 0 unspecified atom stereocenters. The zero-order chi connectivity index (χ0) is 16.4. The van der Waals surface area contributed by atoms with Crippen LogP contribution in [0.4, 0.5) is 0 Å². The number of benzene rings is 2. The number of fused-ring (bicyclic) bond motifs is 1. The van der Waals surface area contributed by atoms with Crippen LogP contribution in [-0.2, 0) is 12.1 Å². The van der Waals surface area contributed by atoms with Crippen LogP contribution in [-0.4, -0.2) is 4.98 Å². The molecule has 1 aromatic heterocycles. The van der Waals surface area contributed by atoms with Crippen molar-refractivity contribution in [3.05, 3.63) is 107 Å². The zero-order valence-corrected chi connectivity index (χ0v) is 13.3. The molecule has 0 radical (unpaired) electrons. The second kappa shape index (κ2) is 5.95. The minimum Gasteiger partial charge on any atom is -0.387 e. The van der Waals surface area contributed by atoms with Gasteiger partial charge in [0.15, 0.2) is 0 Å². The van der Waals surface area contributed by atoms with E-state index in [1.165, 1.54) is 5.56 Å². The monoisotopic (exact) mass is 313 g/mol. The van der Waals surface area contributed by atoms with Gasteiger partial charge in [0, 0.05) is 6.54 Å². The Kier molecular flexibility index (Phi) is 3.63. The van der Waals surface area contributed by atoms with Gasteiger partial charge in [-0.2, -0.15) is 0 Å². The van der Waals surface area contributed by atoms with Gasteiger partial charge < -0.3 is 11.1 Å². The van der Waals surface area contributed by atoms with Crippen LogP contribution < -0.4 is 11.1 Å². The first-order chi connectivity index (χ1) is 11.8. The first-order valence-electron chi connectivity index (χ1n) is 8.09. The molecule has 1 aliphatic heterocycles. The van der Waals surface area contributed by atoms with Gasteiger partial charge in [0.25, 0.3) is 0 Å². The lowest BCUT2D eigenvalue weighted by molar-refractivity contribution is 0.626. The summed E-state index contributed by atoms with van der Waals surface area (Å²) in [6.07, 6.45) is 3.93. The molecule has 4 rings (SSSR count). The second-order valence-corrected chi connectivity index (χ2v) is 6.00. The van der Waals surface area contributed by atoms with Crippen molar-refractivity contribution in [1.82, 2.24) is 10.3 Å². The minimum absolute atomic E-state index is 0.781. The van der Waals surface area contributed by atoms with Gasteiger partial charge in [0.2, 0.25) is 0 Å². The lowest BCUT2D eigenvalue weighted by atomic mass is 9.80. The summed E-state index contributed by atoms with van der Waals surface area (Å²) < 4.78 is 0. The van der Waals surface area contributed by atoms with Gasteiger partial charge in [-0.05, 0) is 35.0 Å². The number of hydrogen-bond donors (Lipinski definition) is 2. The Morgan fingerprint density at radius 2 is 1.46 bits per heavy atom. The number of pyridine rings is 1. The van der Waals surface area contributed by atoms with Gasteiger partial charge in [-0.15, -0.1) is 0 Å². The fraction of sp³-hybridized carbons (Fsp3) is 0.0952. The van der Waals surface area contributed by atoms with Crippen molar-refractivity contribution in [3.8, 4) is 0 Å². The molecule has 0 saturated heterocycles. The summed E-state index contributed by atoms with van der Waals surface area (Å²) in [6, 6.07) is 24.5. The third kappa shape index (κ3) is 2.39. The maximum Gasteiger partial charge on any atom is 0.110 e. The quantitative estimate of drug-likeness (QED) is 0.779. The normalized spacial score (nSPS) is 13.2. The predicted molar refractivity (Wildman–Crippen MR) is 97.1 cm³/mol. The fourth-order valence-corrected chi connectivity index (χ4v) is 3.19. The van der Waals surface area contributed by atoms with Crippen LogP contribution >= 0.6 is 0 Å². The minimum atomic E-state index is -0.781. The highest BCUT2D eigenvalue weighted by molar-refractivity contribution is 5.54. The lowest BCUT2D eigenvalue weighted by Gasteiger charge is -2.31. The van der Waals surface area contributed by atoms with Crippen LogP contribution in [0.3, 0.4) is 0 Å². The van der Waals surface area contributed by atoms with Gasteiger partial charge in [0.05, 0.1) is 11.4 Å². The molecular weight excluding hydrogens is 294 g/mol. The first kappa shape index (κ1) is 14.7. The molecule has 118 valence electrons. The van der Waals surface area contributed by atoms with E-state index in [0.717, 1.165) is 29.1 Å². The lowest BCUT2D eigenvalue weighted by Crippen LogP contribution is -2.40. The van der Waals surface area contributed by atoms with Crippen molar-refractivity contribution in [2.75, 3.05) is 0 Å². The van der Waals surface area contributed by atoms with E-state index in [4.69, 9.17) is 10.7 Å². The number of aromatic nitrogens is 1. The maximum atomic E-state index is 6.99. The van der Waals surface area contributed by atoms with Crippen LogP contribution in [0.25, 0.3) is 6.08 Å². The topological polar surface area (TPSA) is 50.9 Å². The van der Waals surface area contributed by atoms with Crippen molar-refractivity contribution in [2.45, 2.75) is 12.1 Å². The van der Waals surface area contributed by atoms with Crippen LogP contribution in [0.1, 0.15) is 28.1 Å². The van der Waals surface area contributed by atoms with Crippen molar-refractivity contribution < 1.29 is 0 Å². The molecule has 24 heavy (non-hydrogen) atoms. The highest BCUT2D eigenvalue weighted by atomic mass is 14.9. The number of hydrogen-bond acceptors (Lipinski definition) is 3. The summed E-state index contributed by atoms with van der Waals surface area (Å²) >= 11 is 0. The standard InChI is InChI=1S/C21H19N3/c22-21(17-7-3-1-4-8-17,18-9-5-2-6-10-18)20-12-11-16-15-23-14-13-19(16)24-20/h1-14,23H,15,22H2. The number of rotatable bonds is 3. The van der Waals surface area contributed by atoms with Crippen LogP contribution in [0.15, 0.2) is 79.0 Å². The van der Waals surface area contributed by atoms with E-state index in [2.05, 4.69) is 35.6 Å². The fourth-order valence-electron chi connectivity index (χ4n) is 3.19. The third-order valence-electron chi connectivity index (χ3n) is 4.53. The van der Waals surface area contributed by atoms with Gasteiger partial charge >= 0.3 is 0 Å². The van der Waals surface area contributed by atoms with E-state index in [-0.39, 0.29) is 0 Å². The molecule has 2 aromatic carbocycles. The summed E-state index contributed by atoms with van der Waals surface area (Å²) in [5.41, 5.74) is 11.3. The van der Waals surface area contributed by atoms with E-state index in [0.29, 0.717) is 0 Å². The van der Waals surface area contributed by atoms with Crippen molar-refractivity contribution >= 4 is 6.08 Å². The van der Waals surface area contributed by atoms with Crippen LogP contribution in [0.5, 0.6) is 0 Å². The van der Waals surface area contributed by atoms with E-state index in [1.54, 1.807) is 0 Å². The van der Waals surface area contributed by atoms with Gasteiger partial charge in [-0.25, -0.2) is 0 Å². The molecule has 0 aliphatic carbocycles. The van der Waals surface area contributed by atoms with Crippen LogP contribution in [0.2, 0.25) is 0 Å². The molecule has 0 bridgehead atoms. The van der Waals surface area contributed by atoms with Crippen molar-refractivity contribution in [1.29, 1.82) is 0 Å². The van der Waals surface area contributed by atoms with E-state index < -0.39 is 5.54 Å². The second-order valence-electron chi connectivity index (χ2n) is 6.00. The van der Waals surface area contributed by atoms with Crippen molar-refractivity contribution in [2.24, 2.45) is 5.73 Å². The summed E-state index contributed by atoms with van der Waals surface area (Å²) in [5, 5.41) is 3.21. The Morgan fingerprint density at radius 1 is 0.833 bits per heavy atom. The van der Waals surface area contributed by atoms with Crippen molar-refractivity contribution in [3.63, 3.8) is 0 Å². The van der Waals surface area contributed by atoms with Gasteiger partial charge in [-0.1, -0.05) is 66.7 Å². The molecule has 0 amide bonds. The average Bonchev–Trinajstić information content (AvgIpc) is 2.68. The number of nitrogens with one attached hydrogen (secondary N) is 1. The molecule has 2 heterocycles. The summed E-state index contributed by atoms with van der Waals surface area (Å²) in [7, 11) is 0. The number of nitrogens with two attached hydrogens (primary N) is 1. The molecule has 3 aromatic rings.